The molecular weight excluding hydrogens is 427 g/mol. The Morgan fingerprint density at radius 2 is 1.19 bits per heavy atom. The molecule has 0 fully saturated rings. The van der Waals surface area contributed by atoms with Crippen molar-refractivity contribution in [3.8, 4) is 0 Å². The molecule has 180 valence electrons. The number of unbranched alkanes of at least 4 members (excludes halogenated alkanes) is 15. The van der Waals surface area contributed by atoms with Gasteiger partial charge in [0.05, 0.1) is 11.5 Å². The van der Waals surface area contributed by atoms with Gasteiger partial charge >= 0.3 is 29.6 Å². The van der Waals surface area contributed by atoms with Gasteiger partial charge in [0, 0.05) is 0 Å². The third kappa shape index (κ3) is 21.7. The quantitative estimate of drug-likeness (QED) is 0.0854. The first-order chi connectivity index (χ1) is 15.1. The van der Waals surface area contributed by atoms with Crippen LogP contribution in [0.5, 0.6) is 0 Å². The van der Waals surface area contributed by atoms with Gasteiger partial charge in [0.25, 0.3) is 10.1 Å². The predicted molar refractivity (Wildman–Crippen MR) is 135 cm³/mol. The van der Waals surface area contributed by atoms with Crippen LogP contribution < -0.4 is 29.6 Å². The molecule has 0 bridgehead atoms. The molecule has 1 aromatic carbocycles. The van der Waals surface area contributed by atoms with Crippen molar-refractivity contribution in [3.63, 3.8) is 0 Å². The fraction of sp³-hybridized carbons (Fsp3) is 0.667. The van der Waals surface area contributed by atoms with Crippen LogP contribution in [-0.2, 0) is 14.3 Å². The van der Waals surface area contributed by atoms with E-state index in [9.17, 15) is 8.42 Å². The largest absolute Gasteiger partial charge is 1.00 e. The maximum absolute atomic E-state index is 11.3. The van der Waals surface area contributed by atoms with E-state index in [1.54, 1.807) is 18.2 Å². The Hall–Kier alpha value is -0.130. The summed E-state index contributed by atoms with van der Waals surface area (Å²) in [6, 6.07) is 8.00. The molecule has 0 unspecified atom stereocenters. The molecule has 3 nitrogen and oxygen atoms in total. The second kappa shape index (κ2) is 25.5. The molecule has 1 rings (SSSR count). The van der Waals surface area contributed by atoms with Crippen LogP contribution >= 0.6 is 0 Å². The minimum absolute atomic E-state index is 0. The third-order valence-electron chi connectivity index (χ3n) is 5.23. The zero-order chi connectivity index (χ0) is 23.0. The molecule has 0 N–H and O–H groups in total. The summed E-state index contributed by atoms with van der Waals surface area (Å²) in [5.74, 6) is 0. The molecule has 0 amide bonds. The Morgan fingerprint density at radius 3 is 1.56 bits per heavy atom. The Bertz CT molecular complexity index is 587. The second-order valence-electron chi connectivity index (χ2n) is 8.14. The van der Waals surface area contributed by atoms with Crippen LogP contribution in [0.3, 0.4) is 0 Å². The van der Waals surface area contributed by atoms with Crippen molar-refractivity contribution in [1.29, 1.82) is 0 Å². The molecule has 0 radical (unpaired) electrons. The van der Waals surface area contributed by atoms with Crippen LogP contribution in [0, 0.1) is 6.92 Å². The molecule has 0 spiro atoms. The van der Waals surface area contributed by atoms with Gasteiger partial charge in [-0.15, -0.1) is 6.58 Å². The smallest absolute Gasteiger partial charge is 0.343 e. The first-order valence-electron chi connectivity index (χ1n) is 12.4. The average molecular weight is 475 g/mol. The van der Waals surface area contributed by atoms with E-state index in [0.29, 0.717) is 0 Å². The van der Waals surface area contributed by atoms with Gasteiger partial charge in [0.2, 0.25) is 0 Å². The number of hydrogen-bond donors (Lipinski definition) is 0. The van der Waals surface area contributed by atoms with Crippen molar-refractivity contribution in [2.24, 2.45) is 0 Å². The van der Waals surface area contributed by atoms with Gasteiger partial charge < -0.3 is 6.92 Å². The van der Waals surface area contributed by atoms with Crippen molar-refractivity contribution in [2.45, 2.75) is 115 Å². The standard InChI is InChI=1S/C18H37.C9H10O3S.Na/c1-3-5-7-9-11-13-15-17-18-16-14-12-10-8-6-4-2;1-2-8-12-13(10,11)9-6-4-3-5-7-9;/h1,3-18H2,2H3;2-7H,1,8H2;/q-1;;+1. The van der Waals surface area contributed by atoms with E-state index in [4.69, 9.17) is 0 Å². The summed E-state index contributed by atoms with van der Waals surface area (Å²) in [5.41, 5.74) is 0. The van der Waals surface area contributed by atoms with E-state index in [1.165, 1.54) is 115 Å². The van der Waals surface area contributed by atoms with Gasteiger partial charge in [-0.2, -0.15) is 14.8 Å². The third-order valence-corrected chi connectivity index (χ3v) is 6.52. The van der Waals surface area contributed by atoms with Crippen molar-refractivity contribution in [2.75, 3.05) is 6.61 Å². The van der Waals surface area contributed by atoms with Crippen molar-refractivity contribution in [1.82, 2.24) is 0 Å². The van der Waals surface area contributed by atoms with Gasteiger partial charge in [-0.1, -0.05) is 128 Å². The van der Waals surface area contributed by atoms with E-state index in [-0.39, 0.29) is 41.1 Å². The molecule has 0 saturated carbocycles. The van der Waals surface area contributed by atoms with Gasteiger partial charge in [0.1, 0.15) is 0 Å². The maximum atomic E-state index is 11.3. The average Bonchev–Trinajstić information content (AvgIpc) is 2.79. The molecule has 5 heteroatoms. The molecule has 0 aliphatic heterocycles. The molecule has 32 heavy (non-hydrogen) atoms. The van der Waals surface area contributed by atoms with E-state index in [0.717, 1.165) is 6.42 Å². The van der Waals surface area contributed by atoms with Crippen molar-refractivity contribution < 1.29 is 42.2 Å². The summed E-state index contributed by atoms with van der Waals surface area (Å²) in [7, 11) is -3.59. The van der Waals surface area contributed by atoms with Crippen LogP contribution in [0.25, 0.3) is 0 Å². The van der Waals surface area contributed by atoms with E-state index >= 15 is 0 Å². The molecule has 0 atom stereocenters. The van der Waals surface area contributed by atoms with E-state index in [2.05, 4.69) is 24.6 Å². The van der Waals surface area contributed by atoms with Crippen molar-refractivity contribution in [3.05, 3.63) is 49.9 Å². The Labute approximate surface area is 222 Å². The molecular formula is C27H47NaO3S. The maximum Gasteiger partial charge on any atom is 1.00 e. The van der Waals surface area contributed by atoms with E-state index < -0.39 is 10.1 Å². The summed E-state index contributed by atoms with van der Waals surface area (Å²) in [6.45, 7) is 9.54. The monoisotopic (exact) mass is 474 g/mol. The normalized spacial score (nSPS) is 10.7. The molecule has 0 saturated heterocycles. The van der Waals surface area contributed by atoms with E-state index in [1.807, 2.05) is 0 Å². The minimum atomic E-state index is -3.59. The van der Waals surface area contributed by atoms with Gasteiger partial charge in [-0.05, 0) is 12.1 Å². The Balaban J connectivity index is 0. The predicted octanol–water partition coefficient (Wildman–Crippen LogP) is 5.66. The zero-order valence-corrected chi connectivity index (χ0v) is 23.8. The Morgan fingerprint density at radius 1 is 0.781 bits per heavy atom. The summed E-state index contributed by atoms with van der Waals surface area (Å²) in [4.78, 5) is 0.164. The molecule has 0 aliphatic carbocycles. The molecule has 1 aromatic rings. The summed E-state index contributed by atoms with van der Waals surface area (Å²) >= 11 is 0. The van der Waals surface area contributed by atoms with Crippen molar-refractivity contribution >= 4 is 10.1 Å². The second-order valence-corrected chi connectivity index (χ2v) is 9.76. The fourth-order valence-corrected chi connectivity index (χ4v) is 4.24. The first-order valence-corrected chi connectivity index (χ1v) is 13.8. The van der Waals surface area contributed by atoms with Crippen LogP contribution in [0.1, 0.15) is 110 Å². The summed E-state index contributed by atoms with van der Waals surface area (Å²) in [6.07, 6.45) is 24.2. The number of rotatable bonds is 19. The van der Waals surface area contributed by atoms with Crippen LogP contribution in [0.2, 0.25) is 0 Å². The molecule has 0 heterocycles. The number of hydrogen-bond acceptors (Lipinski definition) is 3. The summed E-state index contributed by atoms with van der Waals surface area (Å²) in [5, 5.41) is 0. The Kier molecular flexibility index (Phi) is 27.1. The molecule has 0 aromatic heterocycles. The van der Waals surface area contributed by atoms with Gasteiger partial charge in [0.15, 0.2) is 0 Å². The van der Waals surface area contributed by atoms with Gasteiger partial charge in [-0.25, -0.2) is 0 Å². The van der Waals surface area contributed by atoms with Crippen LogP contribution in [0.15, 0.2) is 47.9 Å². The fourth-order valence-electron chi connectivity index (χ4n) is 3.34. The minimum Gasteiger partial charge on any atom is -0.343 e. The molecule has 0 aliphatic rings. The first kappa shape index (κ1) is 34.0. The number of benzene rings is 1. The zero-order valence-electron chi connectivity index (χ0n) is 21.0. The van der Waals surface area contributed by atoms with Crippen LogP contribution in [-0.4, -0.2) is 15.0 Å². The topological polar surface area (TPSA) is 43.4 Å². The SMILES string of the molecule is C=CCOS(=O)(=O)c1ccccc1.[CH2-]CCCCCCCCCCCCCCCCC.[Na+]. The van der Waals surface area contributed by atoms with Crippen LogP contribution in [0.4, 0.5) is 0 Å². The van der Waals surface area contributed by atoms with Gasteiger partial charge in [-0.3, -0.25) is 4.18 Å². The summed E-state index contributed by atoms with van der Waals surface area (Å²) < 4.78 is 27.3.